The first-order chi connectivity index (χ1) is 12.9. The van der Waals surface area contributed by atoms with E-state index in [0.717, 1.165) is 16.7 Å². The molecule has 0 amide bonds. The van der Waals surface area contributed by atoms with Gasteiger partial charge in [-0.25, -0.2) is 4.98 Å². The molecule has 0 aliphatic carbocycles. The first kappa shape index (κ1) is 19.5. The van der Waals surface area contributed by atoms with Gasteiger partial charge in [0, 0.05) is 27.2 Å². The van der Waals surface area contributed by atoms with Gasteiger partial charge >= 0.3 is 0 Å². The molecule has 0 saturated heterocycles. The summed E-state index contributed by atoms with van der Waals surface area (Å²) in [5.41, 5.74) is 3.55. The number of rotatable bonds is 4. The molecule has 1 N–H and O–H groups in total. The van der Waals surface area contributed by atoms with Crippen molar-refractivity contribution >= 4 is 40.6 Å². The minimum absolute atomic E-state index is 0.125. The molecular formula is C21H16Cl3N3. The monoisotopic (exact) mass is 415 g/mol. The summed E-state index contributed by atoms with van der Waals surface area (Å²) in [6.45, 7) is 3.98. The van der Waals surface area contributed by atoms with Crippen LogP contribution in [0.3, 0.4) is 0 Å². The second-order valence-corrected chi connectivity index (χ2v) is 7.60. The Morgan fingerprint density at radius 2 is 1.59 bits per heavy atom. The summed E-state index contributed by atoms with van der Waals surface area (Å²) in [5.74, 6) is 0.520. The number of benzene rings is 2. The third-order valence-corrected chi connectivity index (χ3v) is 4.71. The van der Waals surface area contributed by atoms with Crippen LogP contribution in [-0.4, -0.2) is 11.0 Å². The normalized spacial score (nSPS) is 10.7. The third kappa shape index (κ3) is 4.36. The Bertz CT molecular complexity index is 1020. The lowest BCUT2D eigenvalue weighted by atomic mass is 9.97. The maximum Gasteiger partial charge on any atom is 0.144 e. The summed E-state index contributed by atoms with van der Waals surface area (Å²) in [7, 11) is 0. The second kappa shape index (κ2) is 8.19. The molecule has 3 aromatic rings. The molecule has 3 nitrogen and oxygen atoms in total. The number of pyridine rings is 1. The molecule has 0 spiro atoms. The van der Waals surface area contributed by atoms with E-state index in [4.69, 9.17) is 39.8 Å². The van der Waals surface area contributed by atoms with E-state index in [0.29, 0.717) is 32.1 Å². The maximum absolute atomic E-state index is 9.60. The van der Waals surface area contributed by atoms with E-state index < -0.39 is 0 Å². The number of hydrogen-bond acceptors (Lipinski definition) is 3. The van der Waals surface area contributed by atoms with Crippen molar-refractivity contribution in [3.8, 4) is 28.5 Å². The molecule has 0 aliphatic rings. The molecule has 0 aliphatic heterocycles. The predicted octanol–water partition coefficient (Wildman–Crippen LogP) is 7.07. The van der Waals surface area contributed by atoms with E-state index in [9.17, 15) is 5.26 Å². The van der Waals surface area contributed by atoms with Crippen molar-refractivity contribution in [2.24, 2.45) is 0 Å². The minimum atomic E-state index is 0.125. The van der Waals surface area contributed by atoms with Crippen LogP contribution < -0.4 is 5.32 Å². The van der Waals surface area contributed by atoms with Crippen molar-refractivity contribution in [2.45, 2.75) is 19.9 Å². The van der Waals surface area contributed by atoms with E-state index in [1.807, 2.05) is 38.1 Å². The van der Waals surface area contributed by atoms with Gasteiger partial charge in [-0.1, -0.05) is 46.9 Å². The Balaban J connectivity index is 2.30. The molecule has 27 heavy (non-hydrogen) atoms. The highest BCUT2D eigenvalue weighted by Gasteiger charge is 2.17. The van der Waals surface area contributed by atoms with Gasteiger partial charge < -0.3 is 5.32 Å². The summed E-state index contributed by atoms with van der Waals surface area (Å²) >= 11 is 18.5. The fraction of sp³-hybridized carbons (Fsp3) is 0.143. The van der Waals surface area contributed by atoms with Crippen molar-refractivity contribution < 1.29 is 0 Å². The fourth-order valence-corrected chi connectivity index (χ4v) is 3.34. The number of hydrogen-bond donors (Lipinski definition) is 1. The van der Waals surface area contributed by atoms with Gasteiger partial charge in [-0.3, -0.25) is 0 Å². The third-order valence-electron chi connectivity index (χ3n) is 3.91. The van der Waals surface area contributed by atoms with Gasteiger partial charge in [0.2, 0.25) is 0 Å². The highest BCUT2D eigenvalue weighted by atomic mass is 35.5. The van der Waals surface area contributed by atoms with Crippen molar-refractivity contribution in [2.75, 3.05) is 5.32 Å². The molecule has 136 valence electrons. The number of anilines is 1. The van der Waals surface area contributed by atoms with Gasteiger partial charge in [-0.2, -0.15) is 5.26 Å². The van der Waals surface area contributed by atoms with Gasteiger partial charge in [-0.05, 0) is 55.8 Å². The van der Waals surface area contributed by atoms with Crippen LogP contribution in [0.5, 0.6) is 0 Å². The van der Waals surface area contributed by atoms with Crippen LogP contribution in [0.2, 0.25) is 15.1 Å². The summed E-state index contributed by atoms with van der Waals surface area (Å²) < 4.78 is 0. The Labute approximate surface area is 173 Å². The zero-order valence-corrected chi connectivity index (χ0v) is 17.0. The van der Waals surface area contributed by atoms with Crippen LogP contribution in [0.25, 0.3) is 22.4 Å². The highest BCUT2D eigenvalue weighted by Crippen LogP contribution is 2.38. The molecule has 3 rings (SSSR count). The maximum atomic E-state index is 9.60. The van der Waals surface area contributed by atoms with Gasteiger partial charge in [0.05, 0.1) is 16.3 Å². The fourth-order valence-electron chi connectivity index (χ4n) is 2.72. The first-order valence-corrected chi connectivity index (χ1v) is 9.45. The largest absolute Gasteiger partial charge is 0.367 e. The standard InChI is InChI=1S/C21H16Cl3N3/c1-12(2)26-21-14(11-25)9-18(13-3-5-15(22)6-4-13)20(27-21)17-8-7-16(23)10-19(17)24/h3-10,12H,1-2H3,(H,26,27). The summed E-state index contributed by atoms with van der Waals surface area (Å²) in [6, 6.07) is 16.8. The van der Waals surface area contributed by atoms with E-state index in [2.05, 4.69) is 11.4 Å². The smallest absolute Gasteiger partial charge is 0.144 e. The zero-order chi connectivity index (χ0) is 19.6. The average Bonchev–Trinajstić information content (AvgIpc) is 2.62. The van der Waals surface area contributed by atoms with Crippen molar-refractivity contribution in [1.82, 2.24) is 4.98 Å². The van der Waals surface area contributed by atoms with Gasteiger partial charge in [0.1, 0.15) is 11.9 Å². The second-order valence-electron chi connectivity index (χ2n) is 6.32. The molecule has 0 radical (unpaired) electrons. The van der Waals surface area contributed by atoms with Crippen molar-refractivity contribution in [3.05, 3.63) is 69.2 Å². The zero-order valence-electron chi connectivity index (χ0n) is 14.7. The van der Waals surface area contributed by atoms with Crippen LogP contribution >= 0.6 is 34.8 Å². The quantitative estimate of drug-likeness (QED) is 0.495. The molecule has 1 heterocycles. The predicted molar refractivity (Wildman–Crippen MR) is 114 cm³/mol. The van der Waals surface area contributed by atoms with Gasteiger partial charge in [0.25, 0.3) is 0 Å². The lowest BCUT2D eigenvalue weighted by Gasteiger charge is -2.17. The van der Waals surface area contributed by atoms with E-state index in [1.54, 1.807) is 24.3 Å². The van der Waals surface area contributed by atoms with Gasteiger partial charge in [-0.15, -0.1) is 0 Å². The molecule has 0 unspecified atom stereocenters. The summed E-state index contributed by atoms with van der Waals surface area (Å²) in [6.07, 6.45) is 0. The molecular weight excluding hydrogens is 401 g/mol. The highest BCUT2D eigenvalue weighted by molar-refractivity contribution is 6.36. The van der Waals surface area contributed by atoms with E-state index in [-0.39, 0.29) is 6.04 Å². The van der Waals surface area contributed by atoms with Crippen molar-refractivity contribution in [3.63, 3.8) is 0 Å². The molecule has 2 aromatic carbocycles. The van der Waals surface area contributed by atoms with Crippen LogP contribution in [0.4, 0.5) is 5.82 Å². The molecule has 0 saturated carbocycles. The number of nitrogens with one attached hydrogen (secondary N) is 1. The SMILES string of the molecule is CC(C)Nc1nc(-c2ccc(Cl)cc2Cl)c(-c2ccc(Cl)cc2)cc1C#N. The van der Waals surface area contributed by atoms with E-state index >= 15 is 0 Å². The Hall–Kier alpha value is -2.25. The number of nitrogens with zero attached hydrogens (tertiary/aromatic N) is 2. The molecule has 6 heteroatoms. The Morgan fingerprint density at radius 1 is 0.926 bits per heavy atom. The Kier molecular flexibility index (Phi) is 5.92. The van der Waals surface area contributed by atoms with E-state index in [1.165, 1.54) is 0 Å². The summed E-state index contributed by atoms with van der Waals surface area (Å²) in [5, 5.41) is 14.5. The summed E-state index contributed by atoms with van der Waals surface area (Å²) in [4.78, 5) is 4.75. The van der Waals surface area contributed by atoms with Crippen molar-refractivity contribution in [1.29, 1.82) is 5.26 Å². The lowest BCUT2D eigenvalue weighted by Crippen LogP contribution is -2.13. The van der Waals surface area contributed by atoms with Crippen LogP contribution in [0, 0.1) is 11.3 Å². The van der Waals surface area contributed by atoms with Gasteiger partial charge in [0.15, 0.2) is 0 Å². The average molecular weight is 417 g/mol. The van der Waals surface area contributed by atoms with Crippen LogP contribution in [0.1, 0.15) is 19.4 Å². The number of halogens is 3. The molecule has 0 fully saturated rings. The molecule has 0 bridgehead atoms. The minimum Gasteiger partial charge on any atom is -0.367 e. The molecule has 0 atom stereocenters. The topological polar surface area (TPSA) is 48.7 Å². The first-order valence-electron chi connectivity index (χ1n) is 8.32. The lowest BCUT2D eigenvalue weighted by molar-refractivity contribution is 0.888. The van der Waals surface area contributed by atoms with Crippen LogP contribution in [-0.2, 0) is 0 Å². The Morgan fingerprint density at radius 3 is 2.19 bits per heavy atom. The number of aromatic nitrogens is 1. The molecule has 1 aromatic heterocycles. The number of nitriles is 1. The van der Waals surface area contributed by atoms with Crippen LogP contribution in [0.15, 0.2) is 48.5 Å².